The van der Waals surface area contributed by atoms with Crippen molar-refractivity contribution in [3.05, 3.63) is 17.5 Å². The highest BCUT2D eigenvalue weighted by Crippen LogP contribution is 2.27. The molecular weight excluding hydrogens is 185 g/mol. The van der Waals surface area contributed by atoms with E-state index in [-0.39, 0.29) is 6.61 Å². The van der Waals surface area contributed by atoms with E-state index in [2.05, 4.69) is 10.2 Å². The normalized spacial score (nSPS) is 12.0. The van der Waals surface area contributed by atoms with Gasteiger partial charge in [-0.15, -0.1) is 0 Å². The first kappa shape index (κ1) is 10.0. The first-order valence-electron chi connectivity index (χ1n) is 3.73. The Bertz CT molecular complexity index is 269. The van der Waals surface area contributed by atoms with Crippen LogP contribution in [0.4, 0.5) is 13.2 Å². The van der Waals surface area contributed by atoms with Crippen LogP contribution in [0.3, 0.4) is 0 Å². The topological polar surface area (TPSA) is 37.9 Å². The summed E-state index contributed by atoms with van der Waals surface area (Å²) in [4.78, 5) is 0. The molecule has 0 fully saturated rings. The molecule has 1 aromatic rings. The minimum Gasteiger partial charge on any atom is -0.375 e. The Hall–Kier alpha value is -1.04. The molecule has 0 saturated heterocycles. The molecule has 0 spiro atoms. The third-order valence-electron chi connectivity index (χ3n) is 1.38. The Morgan fingerprint density at radius 3 is 2.69 bits per heavy atom. The fourth-order valence-corrected chi connectivity index (χ4v) is 0.793. The zero-order valence-corrected chi connectivity index (χ0v) is 6.98. The van der Waals surface area contributed by atoms with E-state index in [9.17, 15) is 13.2 Å². The van der Waals surface area contributed by atoms with Gasteiger partial charge in [0, 0.05) is 6.61 Å². The van der Waals surface area contributed by atoms with Crippen LogP contribution in [0.15, 0.2) is 6.07 Å². The largest absolute Gasteiger partial charge is 0.435 e. The molecule has 1 heterocycles. The first-order chi connectivity index (χ1) is 6.04. The fraction of sp³-hybridized carbons (Fsp3) is 0.571. The van der Waals surface area contributed by atoms with Crippen molar-refractivity contribution in [1.29, 1.82) is 0 Å². The summed E-state index contributed by atoms with van der Waals surface area (Å²) >= 11 is 0. The minimum absolute atomic E-state index is 0.125. The van der Waals surface area contributed by atoms with Gasteiger partial charge in [0.15, 0.2) is 5.69 Å². The SMILES string of the molecule is CCOCc1cc(C(F)(F)F)n[nH]1. The van der Waals surface area contributed by atoms with Crippen LogP contribution in [0.1, 0.15) is 18.3 Å². The third kappa shape index (κ3) is 2.73. The average Bonchev–Trinajstić information content (AvgIpc) is 2.47. The standard InChI is InChI=1S/C7H9F3N2O/c1-2-13-4-5-3-6(12-11-5)7(8,9)10/h3H,2,4H2,1H3,(H,11,12). The second-order valence-corrected chi connectivity index (χ2v) is 2.41. The van der Waals surface area contributed by atoms with Crippen LogP contribution >= 0.6 is 0 Å². The number of rotatable bonds is 3. The number of aromatic amines is 1. The highest BCUT2D eigenvalue weighted by molar-refractivity contribution is 5.10. The summed E-state index contributed by atoms with van der Waals surface area (Å²) in [6.07, 6.45) is -4.39. The minimum atomic E-state index is -4.39. The van der Waals surface area contributed by atoms with Gasteiger partial charge in [0.2, 0.25) is 0 Å². The quantitative estimate of drug-likeness (QED) is 0.798. The van der Waals surface area contributed by atoms with Crippen LogP contribution in [0.5, 0.6) is 0 Å². The van der Waals surface area contributed by atoms with E-state index in [0.717, 1.165) is 6.07 Å². The van der Waals surface area contributed by atoms with Crippen molar-refractivity contribution in [2.24, 2.45) is 0 Å². The zero-order chi connectivity index (χ0) is 9.90. The predicted molar refractivity (Wildman–Crippen MR) is 38.9 cm³/mol. The maximum atomic E-state index is 12.0. The monoisotopic (exact) mass is 194 g/mol. The van der Waals surface area contributed by atoms with E-state index in [1.165, 1.54) is 0 Å². The molecule has 0 aliphatic heterocycles. The lowest BCUT2D eigenvalue weighted by Crippen LogP contribution is -2.04. The van der Waals surface area contributed by atoms with Crippen molar-refractivity contribution in [1.82, 2.24) is 10.2 Å². The van der Waals surface area contributed by atoms with E-state index >= 15 is 0 Å². The summed E-state index contributed by atoms with van der Waals surface area (Å²) < 4.78 is 40.9. The molecule has 0 aromatic carbocycles. The molecule has 1 rings (SSSR count). The average molecular weight is 194 g/mol. The summed E-state index contributed by atoms with van der Waals surface area (Å²) in [6.45, 7) is 2.35. The molecule has 74 valence electrons. The van der Waals surface area contributed by atoms with E-state index < -0.39 is 11.9 Å². The molecule has 13 heavy (non-hydrogen) atoms. The second-order valence-electron chi connectivity index (χ2n) is 2.41. The molecule has 0 aliphatic rings. The van der Waals surface area contributed by atoms with Crippen molar-refractivity contribution in [2.45, 2.75) is 19.7 Å². The molecule has 3 nitrogen and oxygen atoms in total. The molecule has 0 amide bonds. The van der Waals surface area contributed by atoms with E-state index in [0.29, 0.717) is 12.3 Å². The number of nitrogens with zero attached hydrogens (tertiary/aromatic N) is 1. The first-order valence-corrected chi connectivity index (χ1v) is 3.73. The van der Waals surface area contributed by atoms with E-state index in [1.807, 2.05) is 0 Å². The molecule has 0 atom stereocenters. The molecule has 0 radical (unpaired) electrons. The van der Waals surface area contributed by atoms with Crippen molar-refractivity contribution in [3.63, 3.8) is 0 Å². The van der Waals surface area contributed by atoms with Gasteiger partial charge >= 0.3 is 6.18 Å². The van der Waals surface area contributed by atoms with Gasteiger partial charge in [0.1, 0.15) is 0 Å². The van der Waals surface area contributed by atoms with Crippen LogP contribution in [-0.2, 0) is 17.5 Å². The summed E-state index contributed by atoms with van der Waals surface area (Å²) in [5.41, 5.74) is -0.587. The Labute approximate surface area is 72.9 Å². The Balaban J connectivity index is 2.64. The summed E-state index contributed by atoms with van der Waals surface area (Å²) in [5, 5.41) is 5.36. The maximum Gasteiger partial charge on any atom is 0.435 e. The van der Waals surface area contributed by atoms with Gasteiger partial charge in [-0.2, -0.15) is 18.3 Å². The molecular formula is C7H9F3N2O. The number of H-pyrrole nitrogens is 1. The molecule has 0 saturated carbocycles. The Morgan fingerprint density at radius 2 is 2.23 bits per heavy atom. The highest BCUT2D eigenvalue weighted by Gasteiger charge is 2.33. The number of aromatic nitrogens is 2. The Morgan fingerprint density at radius 1 is 1.54 bits per heavy atom. The van der Waals surface area contributed by atoms with E-state index in [4.69, 9.17) is 4.74 Å². The molecule has 0 aliphatic carbocycles. The zero-order valence-electron chi connectivity index (χ0n) is 6.98. The fourth-order valence-electron chi connectivity index (χ4n) is 0.793. The van der Waals surface area contributed by atoms with Gasteiger partial charge < -0.3 is 4.74 Å². The number of halogens is 3. The van der Waals surface area contributed by atoms with Crippen LogP contribution in [-0.4, -0.2) is 16.8 Å². The van der Waals surface area contributed by atoms with Gasteiger partial charge in [0.25, 0.3) is 0 Å². The lowest BCUT2D eigenvalue weighted by Gasteiger charge is -1.98. The molecule has 6 heteroatoms. The van der Waals surface area contributed by atoms with Crippen LogP contribution < -0.4 is 0 Å². The molecule has 1 aromatic heterocycles. The summed E-state index contributed by atoms with van der Waals surface area (Å²) in [6, 6.07) is 0.940. The van der Waals surface area contributed by atoms with Crippen LogP contribution in [0.2, 0.25) is 0 Å². The van der Waals surface area contributed by atoms with Gasteiger partial charge in [-0.1, -0.05) is 0 Å². The third-order valence-corrected chi connectivity index (χ3v) is 1.38. The van der Waals surface area contributed by atoms with Crippen LogP contribution in [0.25, 0.3) is 0 Å². The summed E-state index contributed by atoms with van der Waals surface area (Å²) in [5.74, 6) is 0. The smallest absolute Gasteiger partial charge is 0.375 e. The Kier molecular flexibility index (Phi) is 2.92. The highest BCUT2D eigenvalue weighted by atomic mass is 19.4. The molecule has 0 unspecified atom stereocenters. The van der Waals surface area contributed by atoms with Crippen molar-refractivity contribution in [3.8, 4) is 0 Å². The number of alkyl halides is 3. The maximum absolute atomic E-state index is 12.0. The second kappa shape index (κ2) is 3.78. The number of hydrogen-bond acceptors (Lipinski definition) is 2. The summed E-state index contributed by atoms with van der Waals surface area (Å²) in [7, 11) is 0. The predicted octanol–water partition coefficient (Wildman–Crippen LogP) is 1.96. The van der Waals surface area contributed by atoms with E-state index in [1.54, 1.807) is 6.92 Å². The molecule has 1 N–H and O–H groups in total. The lowest BCUT2D eigenvalue weighted by atomic mass is 10.3. The van der Waals surface area contributed by atoms with Gasteiger partial charge in [0.05, 0.1) is 12.3 Å². The lowest BCUT2D eigenvalue weighted by molar-refractivity contribution is -0.141. The van der Waals surface area contributed by atoms with Gasteiger partial charge in [-0.3, -0.25) is 5.10 Å². The van der Waals surface area contributed by atoms with Crippen molar-refractivity contribution in [2.75, 3.05) is 6.61 Å². The van der Waals surface area contributed by atoms with Crippen LogP contribution in [0, 0.1) is 0 Å². The van der Waals surface area contributed by atoms with Crippen molar-refractivity contribution >= 4 is 0 Å². The van der Waals surface area contributed by atoms with Gasteiger partial charge in [-0.05, 0) is 13.0 Å². The number of ether oxygens (including phenoxy) is 1. The van der Waals surface area contributed by atoms with Gasteiger partial charge in [-0.25, -0.2) is 0 Å². The molecule has 0 bridgehead atoms. The number of hydrogen-bond donors (Lipinski definition) is 1. The van der Waals surface area contributed by atoms with Crippen molar-refractivity contribution < 1.29 is 17.9 Å². The number of nitrogens with one attached hydrogen (secondary N) is 1.